The second kappa shape index (κ2) is 8.90. The van der Waals surface area contributed by atoms with Gasteiger partial charge < -0.3 is 15.8 Å². The van der Waals surface area contributed by atoms with Gasteiger partial charge in [-0.05, 0) is 50.6 Å². The predicted molar refractivity (Wildman–Crippen MR) is 132 cm³/mol. The summed E-state index contributed by atoms with van der Waals surface area (Å²) in [5.41, 5.74) is 9.50. The zero-order valence-electron chi connectivity index (χ0n) is 17.6. The molecule has 32 heavy (non-hydrogen) atoms. The van der Waals surface area contributed by atoms with Crippen molar-refractivity contribution in [2.24, 2.45) is 0 Å². The largest absolute Gasteiger partial charge is 0.462 e. The van der Waals surface area contributed by atoms with Crippen molar-refractivity contribution >= 4 is 67.1 Å². The Kier molecular flexibility index (Phi) is 6.19. The Morgan fingerprint density at radius 3 is 2.53 bits per heavy atom. The van der Waals surface area contributed by atoms with Crippen molar-refractivity contribution in [3.63, 3.8) is 0 Å². The molecule has 164 valence electrons. The summed E-state index contributed by atoms with van der Waals surface area (Å²) < 4.78 is 5.16. The first-order valence-corrected chi connectivity index (χ1v) is 11.8. The van der Waals surface area contributed by atoms with Gasteiger partial charge >= 0.3 is 5.97 Å². The summed E-state index contributed by atoms with van der Waals surface area (Å²) in [7, 11) is 0. The summed E-state index contributed by atoms with van der Waals surface area (Å²) in [5, 5.41) is 4.66. The molecule has 3 heterocycles. The van der Waals surface area contributed by atoms with E-state index >= 15 is 0 Å². The molecule has 0 radical (unpaired) electrons. The van der Waals surface area contributed by atoms with Gasteiger partial charge in [0.15, 0.2) is 0 Å². The monoisotopic (exact) mass is 485 g/mol. The third-order valence-corrected chi connectivity index (χ3v) is 7.52. The number of hydrogen-bond donors (Lipinski definition) is 2. The third kappa shape index (κ3) is 4.09. The van der Waals surface area contributed by atoms with E-state index in [9.17, 15) is 9.59 Å². The zero-order valence-corrected chi connectivity index (χ0v) is 20.0. The molecule has 0 aliphatic carbocycles. The van der Waals surface area contributed by atoms with Gasteiger partial charge in [-0.3, -0.25) is 4.79 Å². The Hall–Kier alpha value is -2.94. The van der Waals surface area contributed by atoms with Gasteiger partial charge in [0.05, 0.1) is 23.6 Å². The van der Waals surface area contributed by atoms with E-state index in [0.717, 1.165) is 21.7 Å². The molecule has 1 aromatic carbocycles. The van der Waals surface area contributed by atoms with Crippen molar-refractivity contribution in [1.82, 2.24) is 4.98 Å². The van der Waals surface area contributed by atoms with Crippen LogP contribution in [0.1, 0.15) is 37.4 Å². The van der Waals surface area contributed by atoms with Crippen LogP contribution in [0.3, 0.4) is 0 Å². The minimum absolute atomic E-state index is 0.255. The molecule has 9 heteroatoms. The molecule has 1 amide bonds. The van der Waals surface area contributed by atoms with Crippen LogP contribution in [0.5, 0.6) is 0 Å². The fourth-order valence-corrected chi connectivity index (χ4v) is 5.43. The highest BCUT2D eigenvalue weighted by Gasteiger charge is 2.24. The molecule has 0 aliphatic rings. The van der Waals surface area contributed by atoms with Crippen LogP contribution in [0.15, 0.2) is 36.4 Å². The molecule has 4 rings (SSSR count). The number of nitrogen functional groups attached to an aromatic ring is 1. The van der Waals surface area contributed by atoms with Crippen LogP contribution in [0.2, 0.25) is 5.02 Å². The molecule has 0 spiro atoms. The summed E-state index contributed by atoms with van der Waals surface area (Å²) in [5.74, 6) is -0.839. The highest BCUT2D eigenvalue weighted by Crippen LogP contribution is 2.37. The summed E-state index contributed by atoms with van der Waals surface area (Å²) >= 11 is 8.52. The third-order valence-electron chi connectivity index (χ3n) is 5.03. The van der Waals surface area contributed by atoms with Crippen LogP contribution in [0.25, 0.3) is 21.5 Å². The van der Waals surface area contributed by atoms with Crippen LogP contribution in [0, 0.1) is 13.8 Å². The van der Waals surface area contributed by atoms with Crippen molar-refractivity contribution in [3.05, 3.63) is 62.3 Å². The second-order valence-corrected chi connectivity index (χ2v) is 9.72. The number of thiophene rings is 2. The maximum absolute atomic E-state index is 13.1. The number of benzene rings is 1. The molecule has 0 atom stereocenters. The minimum Gasteiger partial charge on any atom is -0.462 e. The minimum atomic E-state index is -0.455. The van der Waals surface area contributed by atoms with Gasteiger partial charge in [0.1, 0.15) is 14.7 Å². The van der Waals surface area contributed by atoms with Crippen LogP contribution in [0.4, 0.5) is 10.7 Å². The summed E-state index contributed by atoms with van der Waals surface area (Å²) in [6.07, 6.45) is 0. The molecule has 6 nitrogen and oxygen atoms in total. The average Bonchev–Trinajstić information content (AvgIpc) is 3.24. The van der Waals surface area contributed by atoms with Crippen LogP contribution in [-0.4, -0.2) is 23.5 Å². The molecule has 0 saturated heterocycles. The lowest BCUT2D eigenvalue weighted by atomic mass is 10.1. The molecule has 3 aromatic heterocycles. The number of aromatic nitrogens is 1. The number of nitrogens with one attached hydrogen (secondary N) is 1. The number of anilines is 2. The molecular formula is C23H20ClN3O3S2. The fraction of sp³-hybridized carbons (Fsp3) is 0.174. The van der Waals surface area contributed by atoms with Gasteiger partial charge in [-0.15, -0.1) is 22.7 Å². The van der Waals surface area contributed by atoms with Crippen molar-refractivity contribution in [1.29, 1.82) is 0 Å². The second-order valence-electron chi connectivity index (χ2n) is 7.06. The number of rotatable bonds is 5. The number of amides is 1. The number of esters is 1. The Balaban J connectivity index is 1.68. The fourth-order valence-electron chi connectivity index (χ4n) is 3.27. The number of fused-ring (bicyclic) bond motifs is 1. The van der Waals surface area contributed by atoms with E-state index in [1.807, 2.05) is 38.1 Å². The number of nitrogens with zero attached hydrogens (tertiary/aromatic N) is 1. The predicted octanol–water partition coefficient (Wildman–Crippen LogP) is 6.31. The average molecular weight is 486 g/mol. The van der Waals surface area contributed by atoms with Gasteiger partial charge in [-0.2, -0.15) is 0 Å². The number of carbonyl (C=O) groups excluding carboxylic acids is 2. The smallest absolute Gasteiger partial charge is 0.341 e. The molecular weight excluding hydrogens is 466 g/mol. The lowest BCUT2D eigenvalue weighted by Crippen LogP contribution is -2.15. The maximum Gasteiger partial charge on any atom is 0.341 e. The number of hydrogen-bond acceptors (Lipinski definition) is 7. The number of ether oxygens (including phenoxy) is 1. The van der Waals surface area contributed by atoms with Crippen LogP contribution >= 0.6 is 34.3 Å². The summed E-state index contributed by atoms with van der Waals surface area (Å²) in [4.78, 5) is 32.1. The number of halogens is 1. The first-order valence-electron chi connectivity index (χ1n) is 9.83. The summed E-state index contributed by atoms with van der Waals surface area (Å²) in [6.45, 7) is 5.73. The molecule has 3 N–H and O–H groups in total. The van der Waals surface area contributed by atoms with E-state index in [1.165, 1.54) is 22.7 Å². The number of pyridine rings is 1. The Morgan fingerprint density at radius 2 is 1.84 bits per heavy atom. The summed E-state index contributed by atoms with van der Waals surface area (Å²) in [6, 6.07) is 11.1. The molecule has 0 bridgehead atoms. The molecule has 0 fully saturated rings. The standard InChI is InChI=1S/C23H20ClN3O3S2/c1-4-30-23(29)17-11(2)12(3)31-22(17)27-20(28)19-18(25)15-9-10-16(26-21(15)32-19)13-5-7-14(24)8-6-13/h5-10H,4,25H2,1-3H3,(H,27,28). The van der Waals surface area contributed by atoms with E-state index in [0.29, 0.717) is 36.4 Å². The normalized spacial score (nSPS) is 11.0. The van der Waals surface area contributed by atoms with Gasteiger partial charge in [0.25, 0.3) is 5.91 Å². The first kappa shape index (κ1) is 22.3. The maximum atomic E-state index is 13.1. The van der Waals surface area contributed by atoms with E-state index in [2.05, 4.69) is 10.3 Å². The lowest BCUT2D eigenvalue weighted by Gasteiger charge is -2.06. The van der Waals surface area contributed by atoms with Gasteiger partial charge in [-0.1, -0.05) is 23.7 Å². The number of nitrogens with two attached hydrogens (primary N) is 1. The van der Waals surface area contributed by atoms with Crippen molar-refractivity contribution in [3.8, 4) is 11.3 Å². The molecule has 0 saturated carbocycles. The van der Waals surface area contributed by atoms with Gasteiger partial charge in [0.2, 0.25) is 0 Å². The number of carbonyl (C=O) groups is 2. The van der Waals surface area contributed by atoms with Crippen LogP contribution < -0.4 is 11.1 Å². The Labute approximate surface area is 198 Å². The van der Waals surface area contributed by atoms with Crippen molar-refractivity contribution in [2.75, 3.05) is 17.7 Å². The molecule has 0 aliphatic heterocycles. The highest BCUT2D eigenvalue weighted by molar-refractivity contribution is 7.21. The SMILES string of the molecule is CCOC(=O)c1c(NC(=O)c2sc3nc(-c4ccc(Cl)cc4)ccc3c2N)sc(C)c1C. The topological polar surface area (TPSA) is 94.3 Å². The Bertz CT molecular complexity index is 1340. The van der Waals surface area contributed by atoms with Gasteiger partial charge in [0, 0.05) is 20.8 Å². The Morgan fingerprint density at radius 1 is 1.12 bits per heavy atom. The number of aryl methyl sites for hydroxylation is 1. The molecule has 0 unspecified atom stereocenters. The highest BCUT2D eigenvalue weighted by atomic mass is 35.5. The van der Waals surface area contributed by atoms with E-state index in [-0.39, 0.29) is 12.5 Å². The lowest BCUT2D eigenvalue weighted by molar-refractivity contribution is 0.0527. The molecule has 4 aromatic rings. The van der Waals surface area contributed by atoms with E-state index in [1.54, 1.807) is 19.1 Å². The quantitative estimate of drug-likeness (QED) is 0.323. The van der Waals surface area contributed by atoms with E-state index < -0.39 is 5.97 Å². The van der Waals surface area contributed by atoms with E-state index in [4.69, 9.17) is 22.1 Å². The van der Waals surface area contributed by atoms with Crippen molar-refractivity contribution in [2.45, 2.75) is 20.8 Å². The van der Waals surface area contributed by atoms with Crippen LogP contribution in [-0.2, 0) is 4.74 Å². The zero-order chi connectivity index (χ0) is 23.0. The van der Waals surface area contributed by atoms with Crippen molar-refractivity contribution < 1.29 is 14.3 Å². The van der Waals surface area contributed by atoms with Gasteiger partial charge in [-0.25, -0.2) is 9.78 Å². The first-order chi connectivity index (χ1) is 15.3.